The van der Waals surface area contributed by atoms with Crippen LogP contribution in [0.15, 0.2) is 42.6 Å². The second-order valence-corrected chi connectivity index (χ2v) is 7.71. The zero-order valence-electron chi connectivity index (χ0n) is 16.7. The van der Waals surface area contributed by atoms with E-state index in [4.69, 9.17) is 4.98 Å². The van der Waals surface area contributed by atoms with Crippen molar-refractivity contribution in [1.82, 2.24) is 14.9 Å². The number of piperazine rings is 1. The number of ketones is 1. The Morgan fingerprint density at radius 1 is 1.07 bits per heavy atom. The van der Waals surface area contributed by atoms with E-state index in [-0.39, 0.29) is 5.78 Å². The van der Waals surface area contributed by atoms with Crippen LogP contribution in [0, 0.1) is 0 Å². The van der Waals surface area contributed by atoms with Crippen LogP contribution < -0.4 is 4.90 Å². The molecule has 1 N–H and O–H groups in total. The molecule has 0 aliphatic carbocycles. The van der Waals surface area contributed by atoms with Gasteiger partial charge in [-0.15, -0.1) is 0 Å². The number of carbonyl (C=O) groups is 1. The number of rotatable bonds is 6. The Labute approximate surface area is 166 Å². The molecule has 0 bridgehead atoms. The molecule has 28 heavy (non-hydrogen) atoms. The summed E-state index contributed by atoms with van der Waals surface area (Å²) in [6, 6.07) is 12.5. The van der Waals surface area contributed by atoms with Crippen molar-refractivity contribution in [3.05, 3.63) is 48.3 Å². The highest BCUT2D eigenvalue weighted by Crippen LogP contribution is 2.26. The van der Waals surface area contributed by atoms with Crippen LogP contribution in [0.2, 0.25) is 0 Å². The normalized spacial score (nSPS) is 15.3. The van der Waals surface area contributed by atoms with Crippen LogP contribution in [0.3, 0.4) is 0 Å². The minimum absolute atomic E-state index is 0.192. The van der Waals surface area contributed by atoms with Crippen molar-refractivity contribution in [1.29, 1.82) is 0 Å². The highest BCUT2D eigenvalue weighted by atomic mass is 16.1. The minimum atomic E-state index is 0.192. The lowest BCUT2D eigenvalue weighted by atomic mass is 10.1. The summed E-state index contributed by atoms with van der Waals surface area (Å²) >= 11 is 0. The summed E-state index contributed by atoms with van der Waals surface area (Å²) in [4.78, 5) is 25.0. The van der Waals surface area contributed by atoms with Crippen LogP contribution in [-0.4, -0.2) is 53.9 Å². The van der Waals surface area contributed by atoms with Gasteiger partial charge in [0.2, 0.25) is 0 Å². The van der Waals surface area contributed by atoms with E-state index < -0.39 is 0 Å². The number of benzene rings is 1. The third-order valence-electron chi connectivity index (χ3n) is 5.59. The second kappa shape index (κ2) is 8.15. The van der Waals surface area contributed by atoms with Crippen LogP contribution in [-0.2, 0) is 0 Å². The Bertz CT molecular complexity index is 952. The number of aromatic amines is 1. The standard InChI is InChI=1S/C23H28N4O/c1-3-4-5-22(28)21-15-18-7-6-17(14-20(18)25-21)19-8-9-23(24-16-19)27-12-10-26(2)11-13-27/h6-9,14-16,25H,3-5,10-13H2,1-2H3. The van der Waals surface area contributed by atoms with Crippen LogP contribution >= 0.6 is 0 Å². The summed E-state index contributed by atoms with van der Waals surface area (Å²) in [5.74, 6) is 1.24. The number of fused-ring (bicyclic) bond motifs is 1. The highest BCUT2D eigenvalue weighted by Gasteiger charge is 2.15. The van der Waals surface area contributed by atoms with Gasteiger partial charge >= 0.3 is 0 Å². The van der Waals surface area contributed by atoms with Crippen LogP contribution in [0.25, 0.3) is 22.0 Å². The minimum Gasteiger partial charge on any atom is -0.354 e. The van der Waals surface area contributed by atoms with E-state index in [1.807, 2.05) is 12.3 Å². The number of hydrogen-bond acceptors (Lipinski definition) is 4. The molecule has 1 aliphatic heterocycles. The van der Waals surface area contributed by atoms with Gasteiger partial charge in [0.15, 0.2) is 5.78 Å². The Morgan fingerprint density at radius 3 is 2.57 bits per heavy atom. The van der Waals surface area contributed by atoms with E-state index in [9.17, 15) is 4.79 Å². The van der Waals surface area contributed by atoms with Crippen LogP contribution in [0.5, 0.6) is 0 Å². The van der Waals surface area contributed by atoms with Gasteiger partial charge in [-0.1, -0.05) is 25.5 Å². The molecule has 1 aliphatic rings. The fourth-order valence-electron chi connectivity index (χ4n) is 3.71. The van der Waals surface area contributed by atoms with Crippen molar-refractivity contribution in [2.24, 2.45) is 0 Å². The van der Waals surface area contributed by atoms with E-state index in [1.54, 1.807) is 0 Å². The molecule has 0 amide bonds. The van der Waals surface area contributed by atoms with Gasteiger partial charge in [-0.2, -0.15) is 0 Å². The molecule has 0 radical (unpaired) electrons. The van der Waals surface area contributed by atoms with E-state index in [0.717, 1.165) is 66.9 Å². The van der Waals surface area contributed by atoms with Crippen molar-refractivity contribution in [2.45, 2.75) is 26.2 Å². The maximum atomic E-state index is 12.3. The summed E-state index contributed by atoms with van der Waals surface area (Å²) < 4.78 is 0. The van der Waals surface area contributed by atoms with Gasteiger partial charge in [-0.25, -0.2) is 4.98 Å². The Kier molecular flexibility index (Phi) is 5.44. The van der Waals surface area contributed by atoms with E-state index in [0.29, 0.717) is 12.1 Å². The third kappa shape index (κ3) is 3.94. The Morgan fingerprint density at radius 2 is 1.86 bits per heavy atom. The number of carbonyl (C=O) groups excluding carboxylic acids is 1. The lowest BCUT2D eigenvalue weighted by Gasteiger charge is -2.33. The molecule has 146 valence electrons. The van der Waals surface area contributed by atoms with Crippen LogP contribution in [0.4, 0.5) is 5.82 Å². The first kappa shape index (κ1) is 18.7. The molecule has 4 rings (SSSR count). The monoisotopic (exact) mass is 376 g/mol. The first-order chi connectivity index (χ1) is 13.6. The van der Waals surface area contributed by atoms with Gasteiger partial charge in [0.1, 0.15) is 5.82 Å². The zero-order chi connectivity index (χ0) is 19.5. The first-order valence-electron chi connectivity index (χ1n) is 10.2. The van der Waals surface area contributed by atoms with E-state index in [2.05, 4.69) is 59.1 Å². The van der Waals surface area contributed by atoms with Gasteiger partial charge in [0, 0.05) is 55.3 Å². The second-order valence-electron chi connectivity index (χ2n) is 7.71. The van der Waals surface area contributed by atoms with Crippen LogP contribution in [0.1, 0.15) is 36.7 Å². The molecule has 3 heterocycles. The predicted molar refractivity (Wildman–Crippen MR) is 115 cm³/mol. The van der Waals surface area contributed by atoms with Gasteiger partial charge in [-0.05, 0) is 43.3 Å². The zero-order valence-corrected chi connectivity index (χ0v) is 16.7. The summed E-state index contributed by atoms with van der Waals surface area (Å²) in [5.41, 5.74) is 3.91. The molecule has 2 aromatic heterocycles. The molecule has 1 aromatic carbocycles. The average molecular weight is 377 g/mol. The molecule has 1 fully saturated rings. The fraction of sp³-hybridized carbons (Fsp3) is 0.391. The predicted octanol–water partition coefficient (Wildman–Crippen LogP) is 4.35. The molecule has 0 atom stereocenters. The first-order valence-corrected chi connectivity index (χ1v) is 10.2. The lowest BCUT2D eigenvalue weighted by Crippen LogP contribution is -2.44. The van der Waals surface area contributed by atoms with Crippen molar-refractivity contribution in [2.75, 3.05) is 38.1 Å². The maximum absolute atomic E-state index is 12.3. The van der Waals surface area contributed by atoms with Gasteiger partial charge in [-0.3, -0.25) is 4.79 Å². The van der Waals surface area contributed by atoms with E-state index >= 15 is 0 Å². The number of Topliss-reactive ketones (excluding diaryl/α,β-unsaturated/α-hetero) is 1. The molecular weight excluding hydrogens is 348 g/mol. The highest BCUT2D eigenvalue weighted by molar-refractivity contribution is 6.00. The van der Waals surface area contributed by atoms with Crippen molar-refractivity contribution in [3.8, 4) is 11.1 Å². The number of anilines is 1. The summed E-state index contributed by atoms with van der Waals surface area (Å²) in [6.07, 6.45) is 4.52. The van der Waals surface area contributed by atoms with Crippen molar-refractivity contribution >= 4 is 22.5 Å². The SMILES string of the molecule is CCCCC(=O)c1cc2ccc(-c3ccc(N4CCN(C)CC4)nc3)cc2[nH]1. The summed E-state index contributed by atoms with van der Waals surface area (Å²) in [5, 5.41) is 1.07. The lowest BCUT2D eigenvalue weighted by molar-refractivity contribution is 0.0976. The quantitative estimate of drug-likeness (QED) is 0.650. The number of hydrogen-bond donors (Lipinski definition) is 1. The average Bonchev–Trinajstić information content (AvgIpc) is 3.16. The number of nitrogens with zero attached hydrogens (tertiary/aromatic N) is 3. The summed E-state index contributed by atoms with van der Waals surface area (Å²) in [6.45, 7) is 6.30. The van der Waals surface area contributed by atoms with E-state index in [1.165, 1.54) is 0 Å². The summed E-state index contributed by atoms with van der Waals surface area (Å²) in [7, 11) is 2.16. The number of aromatic nitrogens is 2. The molecule has 0 saturated carbocycles. The molecule has 5 nitrogen and oxygen atoms in total. The number of unbranched alkanes of at least 4 members (excludes halogenated alkanes) is 1. The molecular formula is C23H28N4O. The Balaban J connectivity index is 1.53. The maximum Gasteiger partial charge on any atom is 0.179 e. The Hall–Kier alpha value is -2.66. The van der Waals surface area contributed by atoms with Gasteiger partial charge in [0.25, 0.3) is 0 Å². The molecule has 5 heteroatoms. The smallest absolute Gasteiger partial charge is 0.179 e. The molecule has 3 aromatic rings. The molecule has 0 unspecified atom stereocenters. The third-order valence-corrected chi connectivity index (χ3v) is 5.59. The number of pyridine rings is 1. The number of H-pyrrole nitrogens is 1. The van der Waals surface area contributed by atoms with Crippen molar-refractivity contribution < 1.29 is 4.79 Å². The fourth-order valence-corrected chi connectivity index (χ4v) is 3.71. The molecule has 0 spiro atoms. The molecule has 1 saturated heterocycles. The van der Waals surface area contributed by atoms with Crippen molar-refractivity contribution in [3.63, 3.8) is 0 Å². The largest absolute Gasteiger partial charge is 0.354 e. The number of likely N-dealkylation sites (N-methyl/N-ethyl adjacent to an activating group) is 1. The van der Waals surface area contributed by atoms with Gasteiger partial charge < -0.3 is 14.8 Å². The number of nitrogens with one attached hydrogen (secondary N) is 1. The topological polar surface area (TPSA) is 52.2 Å². The van der Waals surface area contributed by atoms with Gasteiger partial charge in [0.05, 0.1) is 5.69 Å².